The Kier molecular flexibility index (Phi) is 3.85. The van der Waals surface area contributed by atoms with Gasteiger partial charge in [-0.2, -0.15) is 11.8 Å². The van der Waals surface area contributed by atoms with Crippen LogP contribution in [0.25, 0.3) is 0 Å². The van der Waals surface area contributed by atoms with E-state index in [2.05, 4.69) is 5.32 Å². The lowest BCUT2D eigenvalue weighted by molar-refractivity contribution is -0.127. The van der Waals surface area contributed by atoms with E-state index in [9.17, 15) is 4.79 Å². The summed E-state index contributed by atoms with van der Waals surface area (Å²) in [6.07, 6.45) is 7.57. The van der Waals surface area contributed by atoms with E-state index in [1.165, 1.54) is 44.3 Å². The molecule has 1 amide bonds. The first-order chi connectivity index (χ1) is 8.75. The topological polar surface area (TPSA) is 55.1 Å². The van der Waals surface area contributed by atoms with Crippen LogP contribution in [0.4, 0.5) is 0 Å². The largest absolute Gasteiger partial charge is 0.355 e. The van der Waals surface area contributed by atoms with Crippen LogP contribution in [0.1, 0.15) is 38.5 Å². The summed E-state index contributed by atoms with van der Waals surface area (Å²) < 4.78 is 0. The zero-order valence-corrected chi connectivity index (χ0v) is 11.8. The lowest BCUT2D eigenvalue weighted by Gasteiger charge is -2.28. The van der Waals surface area contributed by atoms with E-state index >= 15 is 0 Å². The maximum Gasteiger partial charge on any atom is 0.225 e. The maximum absolute atomic E-state index is 12.3. The zero-order chi connectivity index (χ0) is 12.5. The summed E-state index contributed by atoms with van der Waals surface area (Å²) >= 11 is 2.02. The molecule has 3 nitrogen and oxygen atoms in total. The molecule has 102 valence electrons. The molecule has 0 spiro atoms. The SMILES string of the molecule is NC1C2CCC(C2)C1C(=O)NCC1CCCCS1. The van der Waals surface area contributed by atoms with Crippen molar-refractivity contribution < 1.29 is 4.79 Å². The lowest BCUT2D eigenvalue weighted by Crippen LogP contribution is -2.46. The van der Waals surface area contributed by atoms with Gasteiger partial charge in [-0.1, -0.05) is 6.42 Å². The number of nitrogens with two attached hydrogens (primary N) is 1. The van der Waals surface area contributed by atoms with Crippen LogP contribution < -0.4 is 11.1 Å². The molecule has 3 rings (SSSR count). The molecule has 1 saturated heterocycles. The number of carbonyl (C=O) groups is 1. The van der Waals surface area contributed by atoms with E-state index in [0.29, 0.717) is 17.1 Å². The number of thioether (sulfide) groups is 1. The predicted octanol–water partition coefficient (Wildman–Crippen LogP) is 1.76. The maximum atomic E-state index is 12.3. The Hall–Kier alpha value is -0.220. The Balaban J connectivity index is 1.49. The Morgan fingerprint density at radius 3 is 2.72 bits per heavy atom. The first-order valence-electron chi connectivity index (χ1n) is 7.40. The van der Waals surface area contributed by atoms with Crippen molar-refractivity contribution >= 4 is 17.7 Å². The van der Waals surface area contributed by atoms with E-state index in [0.717, 1.165) is 6.54 Å². The highest BCUT2D eigenvalue weighted by Crippen LogP contribution is 2.47. The second kappa shape index (κ2) is 5.41. The number of hydrogen-bond acceptors (Lipinski definition) is 3. The average Bonchev–Trinajstić information content (AvgIpc) is 2.98. The van der Waals surface area contributed by atoms with Crippen molar-refractivity contribution in [3.63, 3.8) is 0 Å². The molecular formula is C14H24N2OS. The quantitative estimate of drug-likeness (QED) is 0.820. The molecule has 0 radical (unpaired) electrons. The Bertz CT molecular complexity index is 315. The van der Waals surface area contributed by atoms with Gasteiger partial charge in [0.2, 0.25) is 5.91 Å². The van der Waals surface area contributed by atoms with Crippen molar-refractivity contribution in [3.05, 3.63) is 0 Å². The molecule has 1 aliphatic heterocycles. The summed E-state index contributed by atoms with van der Waals surface area (Å²) in [6, 6.07) is 0.128. The van der Waals surface area contributed by atoms with Gasteiger partial charge in [-0.05, 0) is 49.7 Å². The van der Waals surface area contributed by atoms with Crippen LogP contribution in [-0.2, 0) is 4.79 Å². The molecule has 3 aliphatic rings. The third-order valence-electron chi connectivity index (χ3n) is 5.06. The number of hydrogen-bond donors (Lipinski definition) is 2. The fourth-order valence-electron chi connectivity index (χ4n) is 4.03. The Labute approximate surface area is 114 Å². The summed E-state index contributed by atoms with van der Waals surface area (Å²) in [6.45, 7) is 0.851. The molecule has 2 bridgehead atoms. The Morgan fingerprint density at radius 2 is 2.06 bits per heavy atom. The monoisotopic (exact) mass is 268 g/mol. The number of amides is 1. The number of nitrogens with one attached hydrogen (secondary N) is 1. The van der Waals surface area contributed by atoms with E-state index in [-0.39, 0.29) is 17.9 Å². The Morgan fingerprint density at radius 1 is 1.22 bits per heavy atom. The minimum Gasteiger partial charge on any atom is -0.355 e. The molecule has 0 aromatic rings. The second-order valence-electron chi connectivity index (χ2n) is 6.17. The third kappa shape index (κ3) is 2.42. The van der Waals surface area contributed by atoms with Gasteiger partial charge in [-0.15, -0.1) is 0 Å². The van der Waals surface area contributed by atoms with Crippen molar-refractivity contribution in [2.45, 2.75) is 49.8 Å². The summed E-state index contributed by atoms with van der Waals surface area (Å²) in [5, 5.41) is 3.81. The summed E-state index contributed by atoms with van der Waals surface area (Å²) in [7, 11) is 0. The molecular weight excluding hydrogens is 244 g/mol. The van der Waals surface area contributed by atoms with E-state index in [4.69, 9.17) is 5.73 Å². The van der Waals surface area contributed by atoms with E-state index in [1.807, 2.05) is 11.8 Å². The van der Waals surface area contributed by atoms with Gasteiger partial charge in [0.25, 0.3) is 0 Å². The van der Waals surface area contributed by atoms with Gasteiger partial charge in [-0.25, -0.2) is 0 Å². The van der Waals surface area contributed by atoms with Crippen LogP contribution in [0.2, 0.25) is 0 Å². The van der Waals surface area contributed by atoms with Gasteiger partial charge in [-0.3, -0.25) is 4.79 Å². The zero-order valence-electron chi connectivity index (χ0n) is 10.9. The normalized spacial score (nSPS) is 43.1. The van der Waals surface area contributed by atoms with E-state index in [1.54, 1.807) is 0 Å². The molecule has 3 N–H and O–H groups in total. The van der Waals surface area contributed by atoms with Gasteiger partial charge in [0.05, 0.1) is 5.92 Å². The van der Waals surface area contributed by atoms with Gasteiger partial charge in [0.15, 0.2) is 0 Å². The van der Waals surface area contributed by atoms with Gasteiger partial charge >= 0.3 is 0 Å². The predicted molar refractivity (Wildman–Crippen MR) is 75.4 cm³/mol. The van der Waals surface area contributed by atoms with Crippen molar-refractivity contribution in [1.29, 1.82) is 0 Å². The van der Waals surface area contributed by atoms with Gasteiger partial charge in [0, 0.05) is 17.8 Å². The molecule has 0 aromatic heterocycles. The average molecular weight is 268 g/mol. The van der Waals surface area contributed by atoms with E-state index < -0.39 is 0 Å². The van der Waals surface area contributed by atoms with Crippen molar-refractivity contribution in [1.82, 2.24) is 5.32 Å². The van der Waals surface area contributed by atoms with Crippen LogP contribution in [0, 0.1) is 17.8 Å². The van der Waals surface area contributed by atoms with Crippen molar-refractivity contribution in [3.8, 4) is 0 Å². The van der Waals surface area contributed by atoms with Crippen molar-refractivity contribution in [2.75, 3.05) is 12.3 Å². The highest BCUT2D eigenvalue weighted by Gasteiger charge is 2.48. The number of carbonyl (C=O) groups excluding carboxylic acids is 1. The highest BCUT2D eigenvalue weighted by molar-refractivity contribution is 7.99. The lowest BCUT2D eigenvalue weighted by atomic mass is 9.84. The molecule has 0 aromatic carbocycles. The molecule has 1 heterocycles. The molecule has 3 fully saturated rings. The van der Waals surface area contributed by atoms with Crippen LogP contribution in [0.3, 0.4) is 0 Å². The molecule has 4 heteroatoms. The van der Waals surface area contributed by atoms with Gasteiger partial charge in [0.1, 0.15) is 0 Å². The van der Waals surface area contributed by atoms with Crippen molar-refractivity contribution in [2.24, 2.45) is 23.5 Å². The van der Waals surface area contributed by atoms with Crippen LogP contribution in [0.5, 0.6) is 0 Å². The minimum atomic E-state index is 0.109. The molecule has 2 saturated carbocycles. The smallest absolute Gasteiger partial charge is 0.225 e. The molecule has 5 unspecified atom stereocenters. The molecule has 18 heavy (non-hydrogen) atoms. The highest BCUT2D eigenvalue weighted by atomic mass is 32.2. The summed E-state index contributed by atoms with van der Waals surface area (Å²) in [5.74, 6) is 2.80. The summed E-state index contributed by atoms with van der Waals surface area (Å²) in [4.78, 5) is 12.3. The van der Waals surface area contributed by atoms with Crippen LogP contribution in [-0.4, -0.2) is 29.5 Å². The fourth-order valence-corrected chi connectivity index (χ4v) is 5.26. The molecule has 2 aliphatic carbocycles. The third-order valence-corrected chi connectivity index (χ3v) is 6.46. The minimum absolute atomic E-state index is 0.109. The second-order valence-corrected chi connectivity index (χ2v) is 7.58. The summed E-state index contributed by atoms with van der Waals surface area (Å²) in [5.41, 5.74) is 6.21. The number of fused-ring (bicyclic) bond motifs is 2. The number of rotatable bonds is 3. The standard InChI is InChI=1S/C14H24N2OS/c15-13-10-5-4-9(7-10)12(13)14(17)16-8-11-3-1-2-6-18-11/h9-13H,1-8,15H2,(H,16,17). The first-order valence-corrected chi connectivity index (χ1v) is 8.45. The van der Waals surface area contributed by atoms with Crippen LogP contribution >= 0.6 is 11.8 Å². The molecule has 5 atom stereocenters. The first kappa shape index (κ1) is 12.8. The fraction of sp³-hybridized carbons (Fsp3) is 0.929. The van der Waals surface area contributed by atoms with Crippen LogP contribution in [0.15, 0.2) is 0 Å². The van der Waals surface area contributed by atoms with Gasteiger partial charge < -0.3 is 11.1 Å².